The van der Waals surface area contributed by atoms with Crippen LogP contribution in [0.3, 0.4) is 0 Å². The Bertz CT molecular complexity index is 907. The van der Waals surface area contributed by atoms with Crippen LogP contribution in [0, 0.1) is 0 Å². The predicted molar refractivity (Wildman–Crippen MR) is 115 cm³/mol. The van der Waals surface area contributed by atoms with E-state index in [2.05, 4.69) is 11.4 Å². The van der Waals surface area contributed by atoms with E-state index >= 15 is 0 Å². The summed E-state index contributed by atoms with van der Waals surface area (Å²) in [5.74, 6) is -0.402. The monoisotopic (exact) mass is 393 g/mol. The number of hydrogen-bond donors (Lipinski definition) is 2. The van der Waals surface area contributed by atoms with Crippen molar-refractivity contribution in [3.05, 3.63) is 82.4 Å². The molecule has 0 saturated heterocycles. The van der Waals surface area contributed by atoms with E-state index in [-0.39, 0.29) is 5.91 Å². The summed E-state index contributed by atoms with van der Waals surface area (Å²) in [6.45, 7) is 4.53. The van der Waals surface area contributed by atoms with Crippen LogP contribution in [-0.4, -0.2) is 30.6 Å². The lowest BCUT2D eigenvalue weighted by Crippen LogP contribution is -2.25. The fourth-order valence-electron chi connectivity index (χ4n) is 2.77. The average molecular weight is 393 g/mol. The zero-order chi connectivity index (χ0) is 21.2. The second-order valence-electron chi connectivity index (χ2n) is 6.97. The Balaban J connectivity index is 2.09. The summed E-state index contributed by atoms with van der Waals surface area (Å²) >= 11 is 0. The van der Waals surface area contributed by atoms with Gasteiger partial charge in [0.2, 0.25) is 0 Å². The molecule has 2 aromatic rings. The maximum atomic E-state index is 12.6. The van der Waals surface area contributed by atoms with Crippen molar-refractivity contribution in [2.45, 2.75) is 26.7 Å². The van der Waals surface area contributed by atoms with Gasteiger partial charge in [-0.1, -0.05) is 29.8 Å². The van der Waals surface area contributed by atoms with Crippen LogP contribution >= 0.6 is 0 Å². The predicted octanol–water partition coefficient (Wildman–Crippen LogP) is 4.27. The van der Waals surface area contributed by atoms with Crippen LogP contribution in [0.1, 0.15) is 40.9 Å². The van der Waals surface area contributed by atoms with Crippen molar-refractivity contribution in [1.29, 1.82) is 0 Å². The molecule has 0 atom stereocenters. The number of rotatable bonds is 9. The fourth-order valence-corrected chi connectivity index (χ4v) is 2.77. The van der Waals surface area contributed by atoms with Gasteiger partial charge < -0.3 is 15.2 Å². The molecule has 2 N–H and O–H groups in total. The van der Waals surface area contributed by atoms with Gasteiger partial charge in [-0.05, 0) is 73.7 Å². The van der Waals surface area contributed by atoms with Crippen LogP contribution < -0.4 is 10.1 Å². The third-order valence-electron chi connectivity index (χ3n) is 4.30. The highest BCUT2D eigenvalue weighted by Crippen LogP contribution is 2.15. The number of methoxy groups -OCH3 is 1. The minimum Gasteiger partial charge on any atom is -0.497 e. The highest BCUT2D eigenvalue weighted by atomic mass is 16.5. The molecule has 2 aromatic carbocycles. The molecule has 0 fully saturated rings. The molecule has 1 amide bonds. The van der Waals surface area contributed by atoms with Crippen molar-refractivity contribution in [2.75, 3.05) is 13.7 Å². The first-order valence-corrected chi connectivity index (χ1v) is 9.47. The summed E-state index contributed by atoms with van der Waals surface area (Å²) in [7, 11) is 1.63. The number of ether oxygens (including phenoxy) is 1. The van der Waals surface area contributed by atoms with Crippen molar-refractivity contribution in [1.82, 2.24) is 5.32 Å². The Morgan fingerprint density at radius 1 is 1.07 bits per heavy atom. The van der Waals surface area contributed by atoms with Crippen molar-refractivity contribution >= 4 is 18.0 Å². The molecular weight excluding hydrogens is 366 g/mol. The quantitative estimate of drug-likeness (QED) is 0.493. The standard InChI is InChI=1S/C24H27NO4/c1-17(2)4-5-19-14-20(8-11-23(26)27)16-21(15-19)24(28)25-13-12-18-6-9-22(29-3)10-7-18/h4,6-11,14-16H,5,12-13H2,1-3H3,(H,25,28)(H,26,27)/b11-8+. The number of allylic oxidation sites excluding steroid dienone is 2. The van der Waals surface area contributed by atoms with Crippen LogP contribution in [0.2, 0.25) is 0 Å². The number of carboxylic acid groups (broad SMARTS) is 1. The molecule has 0 saturated carbocycles. The van der Waals surface area contributed by atoms with Gasteiger partial charge in [0.15, 0.2) is 0 Å². The molecule has 0 spiro atoms. The summed E-state index contributed by atoms with van der Waals surface area (Å²) in [5, 5.41) is 11.8. The number of nitrogens with one attached hydrogen (secondary N) is 1. The fraction of sp³-hybridized carbons (Fsp3) is 0.250. The summed E-state index contributed by atoms with van der Waals surface area (Å²) in [5.41, 5.74) is 4.45. The van der Waals surface area contributed by atoms with E-state index in [4.69, 9.17) is 9.84 Å². The normalized spacial score (nSPS) is 10.6. The first-order chi connectivity index (χ1) is 13.9. The van der Waals surface area contributed by atoms with E-state index in [1.165, 1.54) is 11.6 Å². The molecule has 2 rings (SSSR count). The smallest absolute Gasteiger partial charge is 0.328 e. The second kappa shape index (κ2) is 10.9. The lowest BCUT2D eigenvalue weighted by Gasteiger charge is -2.09. The van der Waals surface area contributed by atoms with Gasteiger partial charge in [-0.25, -0.2) is 4.79 Å². The van der Waals surface area contributed by atoms with Crippen LogP contribution in [0.25, 0.3) is 6.08 Å². The van der Waals surface area contributed by atoms with E-state index in [0.717, 1.165) is 23.0 Å². The molecule has 29 heavy (non-hydrogen) atoms. The van der Waals surface area contributed by atoms with Crippen molar-refractivity contribution in [3.8, 4) is 5.75 Å². The molecule has 5 heteroatoms. The molecule has 0 aliphatic carbocycles. The van der Waals surface area contributed by atoms with Crippen LogP contribution in [0.5, 0.6) is 5.75 Å². The zero-order valence-electron chi connectivity index (χ0n) is 17.1. The van der Waals surface area contributed by atoms with Crippen LogP contribution in [-0.2, 0) is 17.6 Å². The van der Waals surface area contributed by atoms with E-state index in [9.17, 15) is 9.59 Å². The summed E-state index contributed by atoms with van der Waals surface area (Å²) in [4.78, 5) is 23.5. The summed E-state index contributed by atoms with van der Waals surface area (Å²) < 4.78 is 5.15. The number of benzene rings is 2. The zero-order valence-corrected chi connectivity index (χ0v) is 17.1. The van der Waals surface area contributed by atoms with Gasteiger partial charge in [0.05, 0.1) is 7.11 Å². The Labute approximate surface area is 171 Å². The first-order valence-electron chi connectivity index (χ1n) is 9.47. The van der Waals surface area contributed by atoms with Gasteiger partial charge in [0, 0.05) is 18.2 Å². The van der Waals surface area contributed by atoms with E-state index in [0.29, 0.717) is 30.5 Å². The lowest BCUT2D eigenvalue weighted by atomic mass is 10.0. The minimum atomic E-state index is -1.02. The van der Waals surface area contributed by atoms with Gasteiger partial charge in [0.25, 0.3) is 5.91 Å². The third kappa shape index (κ3) is 7.66. The second-order valence-corrected chi connectivity index (χ2v) is 6.97. The first kappa shape index (κ1) is 22.0. The highest BCUT2D eigenvalue weighted by Gasteiger charge is 2.08. The van der Waals surface area contributed by atoms with Crippen LogP contribution in [0.4, 0.5) is 0 Å². The van der Waals surface area contributed by atoms with Gasteiger partial charge in [-0.15, -0.1) is 0 Å². The Hall–Kier alpha value is -3.34. The van der Waals surface area contributed by atoms with Crippen molar-refractivity contribution in [2.24, 2.45) is 0 Å². The third-order valence-corrected chi connectivity index (χ3v) is 4.30. The molecule has 0 unspecified atom stereocenters. The molecule has 0 aliphatic heterocycles. The molecule has 0 aliphatic rings. The number of carbonyl (C=O) groups is 2. The van der Waals surface area contributed by atoms with E-state index in [1.54, 1.807) is 13.2 Å². The molecular formula is C24H27NO4. The van der Waals surface area contributed by atoms with E-state index in [1.807, 2.05) is 50.2 Å². The molecule has 152 valence electrons. The largest absolute Gasteiger partial charge is 0.497 e. The van der Waals surface area contributed by atoms with Crippen LogP contribution in [0.15, 0.2) is 60.2 Å². The molecule has 0 radical (unpaired) electrons. The number of hydrogen-bond acceptors (Lipinski definition) is 3. The van der Waals surface area contributed by atoms with Gasteiger partial charge in [0.1, 0.15) is 5.75 Å². The van der Waals surface area contributed by atoms with Gasteiger partial charge >= 0.3 is 5.97 Å². The topological polar surface area (TPSA) is 75.6 Å². The Morgan fingerprint density at radius 2 is 1.79 bits per heavy atom. The number of carbonyl (C=O) groups excluding carboxylic acids is 1. The molecule has 0 bridgehead atoms. The van der Waals surface area contributed by atoms with Gasteiger partial charge in [-0.3, -0.25) is 4.79 Å². The number of amides is 1. The SMILES string of the molecule is COc1ccc(CCNC(=O)c2cc(/C=C/C(=O)O)cc(CC=C(C)C)c2)cc1. The van der Waals surface area contributed by atoms with E-state index < -0.39 is 5.97 Å². The van der Waals surface area contributed by atoms with Gasteiger partial charge in [-0.2, -0.15) is 0 Å². The Kier molecular flexibility index (Phi) is 8.22. The molecule has 0 heterocycles. The van der Waals surface area contributed by atoms with Crippen molar-refractivity contribution < 1.29 is 19.4 Å². The maximum Gasteiger partial charge on any atom is 0.328 e. The Morgan fingerprint density at radius 3 is 2.41 bits per heavy atom. The lowest BCUT2D eigenvalue weighted by molar-refractivity contribution is -0.131. The van der Waals surface area contributed by atoms with Crippen molar-refractivity contribution in [3.63, 3.8) is 0 Å². The molecule has 5 nitrogen and oxygen atoms in total. The highest BCUT2D eigenvalue weighted by molar-refractivity contribution is 5.95. The summed E-state index contributed by atoms with van der Waals surface area (Å²) in [6.07, 6.45) is 6.04. The summed E-state index contributed by atoms with van der Waals surface area (Å²) in [6, 6.07) is 13.2. The molecule has 0 aromatic heterocycles. The minimum absolute atomic E-state index is 0.178. The number of carboxylic acids is 1. The maximum absolute atomic E-state index is 12.6. The number of aliphatic carboxylic acids is 1. The average Bonchev–Trinajstić information content (AvgIpc) is 2.71.